The molecular formula is C44H47N3O5S. The van der Waals surface area contributed by atoms with E-state index in [1.807, 2.05) is 54.6 Å². The van der Waals surface area contributed by atoms with Crippen molar-refractivity contribution >= 4 is 35.0 Å². The molecule has 274 valence electrons. The summed E-state index contributed by atoms with van der Waals surface area (Å²) in [6.45, 7) is 0.452. The van der Waals surface area contributed by atoms with Crippen LogP contribution in [0, 0.1) is 0 Å². The van der Waals surface area contributed by atoms with Crippen LogP contribution in [0.4, 0.5) is 11.4 Å². The van der Waals surface area contributed by atoms with Gasteiger partial charge in [0.2, 0.25) is 11.8 Å². The number of ether oxygens (including phenoxy) is 2. The number of carbonyl (C=O) groups is 2. The predicted octanol–water partition coefficient (Wildman–Crippen LogP) is 8.97. The molecule has 1 fully saturated rings. The fraction of sp³-hybridized carbons (Fsp3) is 0.273. The Morgan fingerprint density at radius 1 is 0.717 bits per heavy atom. The lowest BCUT2D eigenvalue weighted by Crippen LogP contribution is -2.31. The van der Waals surface area contributed by atoms with E-state index in [0.29, 0.717) is 37.2 Å². The van der Waals surface area contributed by atoms with Gasteiger partial charge in [0, 0.05) is 42.0 Å². The zero-order valence-corrected chi connectivity index (χ0v) is 30.6. The molecule has 5 aromatic rings. The second kappa shape index (κ2) is 19.2. The number of aliphatic hydroxyl groups excluding tert-OH is 1. The Balaban J connectivity index is 0.996. The molecule has 0 aromatic heterocycles. The SMILES string of the molecule is Nc1ccccc1NC(=O)CCCCCC(=O)NCc1cccc(-c2ccc([C@H]3O[C@@H](CSc4ccccc4)C[C@@H](c4ccc(CO)cc4)O3)cc2)c1. The molecule has 3 atom stereocenters. The first-order chi connectivity index (χ1) is 25.9. The van der Waals surface area contributed by atoms with Crippen molar-refractivity contribution in [3.8, 4) is 11.1 Å². The Bertz CT molecular complexity index is 1920. The molecule has 0 saturated carbocycles. The Kier molecular flexibility index (Phi) is 13.7. The van der Waals surface area contributed by atoms with E-state index in [0.717, 1.165) is 58.4 Å². The van der Waals surface area contributed by atoms with Gasteiger partial charge in [-0.05, 0) is 71.0 Å². The monoisotopic (exact) mass is 729 g/mol. The fourth-order valence-corrected chi connectivity index (χ4v) is 7.23. The zero-order chi connectivity index (χ0) is 36.8. The van der Waals surface area contributed by atoms with Gasteiger partial charge in [-0.25, -0.2) is 0 Å². The van der Waals surface area contributed by atoms with E-state index in [4.69, 9.17) is 15.2 Å². The van der Waals surface area contributed by atoms with Gasteiger partial charge in [0.25, 0.3) is 0 Å². The highest BCUT2D eigenvalue weighted by molar-refractivity contribution is 7.99. The van der Waals surface area contributed by atoms with E-state index in [1.165, 1.54) is 4.90 Å². The van der Waals surface area contributed by atoms with E-state index in [2.05, 4.69) is 71.3 Å². The molecule has 0 bridgehead atoms. The Hall–Kier alpha value is -4.93. The number of hydrogen-bond donors (Lipinski definition) is 4. The topological polar surface area (TPSA) is 123 Å². The number of thioether (sulfide) groups is 1. The molecule has 0 aliphatic carbocycles. The van der Waals surface area contributed by atoms with Crippen LogP contribution in [0.2, 0.25) is 0 Å². The minimum absolute atomic E-state index is 0.00290. The van der Waals surface area contributed by atoms with Crippen LogP contribution in [-0.4, -0.2) is 28.8 Å². The van der Waals surface area contributed by atoms with Gasteiger partial charge in [-0.3, -0.25) is 9.59 Å². The van der Waals surface area contributed by atoms with Crippen LogP contribution in [-0.2, 0) is 32.2 Å². The van der Waals surface area contributed by atoms with E-state index in [9.17, 15) is 14.7 Å². The third-order valence-corrected chi connectivity index (χ3v) is 10.4. The number of aliphatic hydroxyl groups is 1. The number of carbonyl (C=O) groups excluding carboxylic acids is 2. The van der Waals surface area contributed by atoms with Crippen molar-refractivity contribution in [2.75, 3.05) is 16.8 Å². The highest BCUT2D eigenvalue weighted by Gasteiger charge is 2.32. The number of hydrogen-bond acceptors (Lipinski definition) is 7. The Morgan fingerprint density at radius 2 is 1.43 bits per heavy atom. The maximum absolute atomic E-state index is 12.6. The van der Waals surface area contributed by atoms with Crippen molar-refractivity contribution < 1.29 is 24.2 Å². The summed E-state index contributed by atoms with van der Waals surface area (Å²) in [5.74, 6) is 0.729. The standard InChI is InChI=1S/C44H47N3O5S/c45-39-14-7-8-15-40(39)47-43(50)17-6-2-5-16-42(49)46-28-32-10-9-11-36(26-32)33-22-24-35(25-23-33)44-51-37(30-53-38-12-3-1-4-13-38)27-41(52-44)34-20-18-31(29-48)19-21-34/h1,3-4,7-15,18-26,37,41,44,48H,2,5-6,16-17,27-30,45H2,(H,46,49)(H,47,50)/t37-,41+,44+/m1/s1. The van der Waals surface area contributed by atoms with E-state index in [-0.39, 0.29) is 30.6 Å². The molecule has 0 radical (unpaired) electrons. The molecule has 1 saturated heterocycles. The molecule has 5 N–H and O–H groups in total. The maximum atomic E-state index is 12.6. The summed E-state index contributed by atoms with van der Waals surface area (Å²) < 4.78 is 13.1. The van der Waals surface area contributed by atoms with E-state index >= 15 is 0 Å². The van der Waals surface area contributed by atoms with Crippen LogP contribution in [0.3, 0.4) is 0 Å². The number of anilines is 2. The number of benzene rings is 5. The van der Waals surface area contributed by atoms with Gasteiger partial charge in [-0.1, -0.05) is 103 Å². The summed E-state index contributed by atoms with van der Waals surface area (Å²) in [5, 5.41) is 15.4. The lowest BCUT2D eigenvalue weighted by atomic mass is 9.99. The van der Waals surface area contributed by atoms with Gasteiger partial charge in [-0.2, -0.15) is 0 Å². The summed E-state index contributed by atoms with van der Waals surface area (Å²) >= 11 is 1.78. The summed E-state index contributed by atoms with van der Waals surface area (Å²) in [6, 6.07) is 42.0. The van der Waals surface area contributed by atoms with E-state index < -0.39 is 6.29 Å². The van der Waals surface area contributed by atoms with Crippen molar-refractivity contribution in [3.63, 3.8) is 0 Å². The summed E-state index contributed by atoms with van der Waals surface area (Å²) in [4.78, 5) is 26.0. The normalized spacial score (nSPS) is 16.9. The third-order valence-electron chi connectivity index (χ3n) is 9.27. The van der Waals surface area contributed by atoms with Crippen molar-refractivity contribution in [3.05, 3.63) is 150 Å². The van der Waals surface area contributed by atoms with Gasteiger partial charge in [-0.15, -0.1) is 11.8 Å². The van der Waals surface area contributed by atoms with Crippen LogP contribution >= 0.6 is 11.8 Å². The number of unbranched alkanes of at least 4 members (excludes halogenated alkanes) is 2. The van der Waals surface area contributed by atoms with Crippen LogP contribution in [0.5, 0.6) is 0 Å². The first-order valence-electron chi connectivity index (χ1n) is 18.2. The average molecular weight is 730 g/mol. The molecule has 9 heteroatoms. The third kappa shape index (κ3) is 11.3. The van der Waals surface area contributed by atoms with Crippen molar-refractivity contribution in [1.82, 2.24) is 5.32 Å². The van der Waals surface area contributed by atoms with E-state index in [1.54, 1.807) is 23.9 Å². The molecule has 6 rings (SSSR count). The molecule has 0 spiro atoms. The van der Waals surface area contributed by atoms with Crippen molar-refractivity contribution in [2.45, 2.75) is 75.1 Å². The van der Waals surface area contributed by atoms with Gasteiger partial charge >= 0.3 is 0 Å². The maximum Gasteiger partial charge on any atom is 0.224 e. The molecule has 53 heavy (non-hydrogen) atoms. The lowest BCUT2D eigenvalue weighted by Gasteiger charge is -2.36. The molecule has 8 nitrogen and oxygen atoms in total. The molecule has 1 heterocycles. The van der Waals surface area contributed by atoms with Gasteiger partial charge in [0.15, 0.2) is 6.29 Å². The van der Waals surface area contributed by atoms with Gasteiger partial charge in [0.05, 0.1) is 30.2 Å². The van der Waals surface area contributed by atoms with Crippen LogP contribution in [0.15, 0.2) is 132 Å². The smallest absolute Gasteiger partial charge is 0.224 e. The molecule has 1 aliphatic rings. The quantitative estimate of drug-likeness (QED) is 0.0454. The van der Waals surface area contributed by atoms with Gasteiger partial charge < -0.3 is 30.9 Å². The lowest BCUT2D eigenvalue weighted by molar-refractivity contribution is -0.245. The van der Waals surface area contributed by atoms with Crippen LogP contribution in [0.1, 0.15) is 73.2 Å². The minimum atomic E-state index is -0.519. The molecule has 1 aliphatic heterocycles. The Morgan fingerprint density at radius 3 is 2.19 bits per heavy atom. The molecular weight excluding hydrogens is 683 g/mol. The summed E-state index contributed by atoms with van der Waals surface area (Å²) in [6.07, 6.45) is 3.09. The second-order valence-electron chi connectivity index (χ2n) is 13.3. The van der Waals surface area contributed by atoms with Crippen LogP contribution < -0.4 is 16.4 Å². The molecule has 2 amide bonds. The second-order valence-corrected chi connectivity index (χ2v) is 14.4. The Labute approximate surface area is 316 Å². The average Bonchev–Trinajstić information content (AvgIpc) is 3.20. The highest BCUT2D eigenvalue weighted by atomic mass is 32.2. The largest absolute Gasteiger partial charge is 0.397 e. The number of rotatable bonds is 16. The zero-order valence-electron chi connectivity index (χ0n) is 29.8. The predicted molar refractivity (Wildman–Crippen MR) is 212 cm³/mol. The number of amides is 2. The number of nitrogen functional groups attached to an aromatic ring is 1. The van der Waals surface area contributed by atoms with Gasteiger partial charge in [0.1, 0.15) is 0 Å². The summed E-state index contributed by atoms with van der Waals surface area (Å²) in [5.41, 5.74) is 13.1. The highest BCUT2D eigenvalue weighted by Crippen LogP contribution is 2.40. The first kappa shape index (κ1) is 37.8. The molecule has 0 unspecified atom stereocenters. The number of para-hydroxylation sites is 2. The minimum Gasteiger partial charge on any atom is -0.397 e. The number of nitrogens with one attached hydrogen (secondary N) is 2. The fourth-order valence-electron chi connectivity index (χ4n) is 6.28. The van der Waals surface area contributed by atoms with Crippen LogP contribution in [0.25, 0.3) is 11.1 Å². The first-order valence-corrected chi connectivity index (χ1v) is 19.2. The number of nitrogens with two attached hydrogens (primary N) is 1. The van der Waals surface area contributed by atoms with Crippen molar-refractivity contribution in [2.24, 2.45) is 0 Å². The van der Waals surface area contributed by atoms with Crippen molar-refractivity contribution in [1.29, 1.82) is 0 Å². The molecule has 5 aromatic carbocycles. The summed E-state index contributed by atoms with van der Waals surface area (Å²) in [7, 11) is 0.